The van der Waals surface area contributed by atoms with E-state index in [2.05, 4.69) is 0 Å². The fourth-order valence-corrected chi connectivity index (χ4v) is 8.26. The number of ether oxygens (including phenoxy) is 2. The first-order valence-corrected chi connectivity index (χ1v) is 21.9. The molecule has 0 bridgehead atoms. The molecule has 2 aliphatic rings. The van der Waals surface area contributed by atoms with Gasteiger partial charge in [-0.3, -0.25) is 43.7 Å². The molecule has 2 fully saturated rings. The predicted octanol–water partition coefficient (Wildman–Crippen LogP) is 5.16. The van der Waals surface area contributed by atoms with Crippen molar-refractivity contribution in [3.63, 3.8) is 0 Å². The van der Waals surface area contributed by atoms with E-state index in [9.17, 15) is 52.8 Å². The minimum Gasteiger partial charge on any atom is -0.491 e. The average Bonchev–Trinajstić information content (AvgIpc) is 3.25. The summed E-state index contributed by atoms with van der Waals surface area (Å²) in [6.07, 6.45) is 0.127. The fourth-order valence-electron chi connectivity index (χ4n) is 8.26. The Morgan fingerprint density at radius 1 is 0.677 bits per heavy atom. The molecular weight excluding hydrogens is 852 g/mol. The van der Waals surface area contributed by atoms with Crippen LogP contribution in [0.1, 0.15) is 47.1 Å². The van der Waals surface area contributed by atoms with E-state index in [1.807, 2.05) is 60.4 Å². The van der Waals surface area contributed by atoms with Crippen LogP contribution in [0.15, 0.2) is 60.7 Å². The lowest BCUT2D eigenvalue weighted by atomic mass is 9.95. The molecule has 0 radical (unpaired) electrons. The van der Waals surface area contributed by atoms with E-state index in [-0.39, 0.29) is 76.0 Å². The monoisotopic (exact) mass is 911 g/mol. The van der Waals surface area contributed by atoms with Crippen LogP contribution in [0.2, 0.25) is 0 Å². The van der Waals surface area contributed by atoms with Crippen LogP contribution in [0.25, 0.3) is 23.3 Å². The number of nitrogens with zero attached hydrogens (tertiary/aromatic N) is 5. The molecule has 5 rings (SSSR count). The third kappa shape index (κ3) is 16.2. The van der Waals surface area contributed by atoms with Crippen LogP contribution < -0.4 is 4.74 Å². The number of hydrogen-bond donors (Lipinski definition) is 4. The molecule has 15 nitrogen and oxygen atoms in total. The summed E-state index contributed by atoms with van der Waals surface area (Å²) in [4.78, 5) is 55.8. The van der Waals surface area contributed by atoms with Crippen molar-refractivity contribution in [2.75, 3.05) is 105 Å². The molecule has 0 saturated carbocycles. The zero-order valence-electron chi connectivity index (χ0n) is 36.8. The van der Waals surface area contributed by atoms with E-state index in [4.69, 9.17) is 9.47 Å². The highest BCUT2D eigenvalue weighted by Gasteiger charge is 2.35. The molecule has 3 aromatic carbocycles. The fraction of sp³-hybridized carbons (Fsp3) is 0.489. The maximum atomic E-state index is 14.8. The van der Waals surface area contributed by atoms with E-state index in [0.717, 1.165) is 28.3 Å². The molecule has 0 spiro atoms. The van der Waals surface area contributed by atoms with Gasteiger partial charge in [0.25, 0.3) is 0 Å². The molecule has 1 atom stereocenters. The molecule has 2 saturated heterocycles. The van der Waals surface area contributed by atoms with Crippen LogP contribution in [-0.4, -0.2) is 180 Å². The Labute approximate surface area is 377 Å². The second kappa shape index (κ2) is 24.8. The van der Waals surface area contributed by atoms with Gasteiger partial charge in [0.2, 0.25) is 0 Å². The van der Waals surface area contributed by atoms with Crippen molar-refractivity contribution in [2.45, 2.75) is 44.9 Å². The van der Waals surface area contributed by atoms with Gasteiger partial charge in [0, 0.05) is 71.0 Å². The summed E-state index contributed by atoms with van der Waals surface area (Å²) in [6, 6.07) is 16.9. The van der Waals surface area contributed by atoms with Gasteiger partial charge >= 0.3 is 30.1 Å². The first kappa shape index (κ1) is 50.6. The number of aliphatic carboxylic acids is 4. The number of likely N-dealkylation sites (tertiary alicyclic amines) is 1. The van der Waals surface area contributed by atoms with Gasteiger partial charge in [-0.05, 0) is 66.3 Å². The van der Waals surface area contributed by atoms with E-state index < -0.39 is 41.7 Å². The molecule has 0 aliphatic carbocycles. The predicted molar refractivity (Wildman–Crippen MR) is 238 cm³/mol. The third-order valence-corrected chi connectivity index (χ3v) is 11.8. The second-order valence-electron chi connectivity index (χ2n) is 16.4. The first-order chi connectivity index (χ1) is 31.1. The van der Waals surface area contributed by atoms with E-state index in [1.54, 1.807) is 25.7 Å². The van der Waals surface area contributed by atoms with Crippen molar-refractivity contribution in [1.82, 2.24) is 24.5 Å². The number of rotatable bonds is 19. The van der Waals surface area contributed by atoms with Gasteiger partial charge in [0.15, 0.2) is 0 Å². The van der Waals surface area contributed by atoms with Crippen LogP contribution in [0, 0.1) is 6.92 Å². The van der Waals surface area contributed by atoms with Crippen LogP contribution in [0.3, 0.4) is 0 Å². The summed E-state index contributed by atoms with van der Waals surface area (Å²) in [6.45, 7) is 4.80. The normalized spacial score (nSPS) is 18.2. The molecule has 0 aromatic heterocycles. The van der Waals surface area contributed by atoms with Crippen molar-refractivity contribution < 1.29 is 62.2 Å². The van der Waals surface area contributed by atoms with Crippen LogP contribution in [0.4, 0.5) is 13.2 Å². The molecule has 2 heterocycles. The second-order valence-corrected chi connectivity index (χ2v) is 16.4. The highest BCUT2D eigenvalue weighted by molar-refractivity contribution is 5.79. The van der Waals surface area contributed by atoms with Gasteiger partial charge in [0.1, 0.15) is 18.4 Å². The van der Waals surface area contributed by atoms with Crippen molar-refractivity contribution >= 4 is 36.0 Å². The minimum atomic E-state index is -4.73. The minimum absolute atomic E-state index is 0.0340. The van der Waals surface area contributed by atoms with Gasteiger partial charge in [-0.2, -0.15) is 13.2 Å². The Bertz CT molecular complexity index is 2060. The Balaban J connectivity index is 1.31. The Kier molecular flexibility index (Phi) is 19.3. The summed E-state index contributed by atoms with van der Waals surface area (Å²) < 4.78 is 56.6. The summed E-state index contributed by atoms with van der Waals surface area (Å²) in [5.74, 6) is -3.95. The van der Waals surface area contributed by atoms with E-state index in [0.29, 0.717) is 71.6 Å². The number of alkyl halides is 3. The molecule has 18 heteroatoms. The summed E-state index contributed by atoms with van der Waals surface area (Å²) in [7, 11) is 0. The lowest BCUT2D eigenvalue weighted by Crippen LogP contribution is -2.48. The van der Waals surface area contributed by atoms with Gasteiger partial charge < -0.3 is 29.9 Å². The SMILES string of the molecule is Cc1c(/C=C/c2cc(OCCOCCN3CCN(CC(=O)O)CCN(CC(=O)O)CCN(CC(=O)O)CC3)c(CN3CCCC[C@H]3C(=O)O)cc2C(F)(F)F)cccc1-c1ccccc1. The number of carboxylic acids is 4. The molecule has 65 heavy (non-hydrogen) atoms. The summed E-state index contributed by atoms with van der Waals surface area (Å²) in [5.41, 5.74) is 2.77. The smallest absolute Gasteiger partial charge is 0.417 e. The molecule has 0 unspecified atom stereocenters. The van der Waals surface area contributed by atoms with E-state index in [1.165, 1.54) is 12.1 Å². The zero-order valence-corrected chi connectivity index (χ0v) is 36.8. The van der Waals surface area contributed by atoms with Crippen molar-refractivity contribution in [3.8, 4) is 16.9 Å². The Morgan fingerprint density at radius 3 is 1.80 bits per heavy atom. The molecule has 0 amide bonds. The lowest BCUT2D eigenvalue weighted by molar-refractivity contribution is -0.145. The Morgan fingerprint density at radius 2 is 1.25 bits per heavy atom. The maximum Gasteiger partial charge on any atom is 0.417 e. The van der Waals surface area contributed by atoms with Crippen molar-refractivity contribution in [1.29, 1.82) is 0 Å². The standard InChI is InChI=1S/C47H60F3N5O10/c1-34-35(10-7-11-39(34)36-8-3-2-4-9-36)13-14-37-29-42(38(28-40(37)47(48,49)50)30-55-15-6-5-12-41(55)46(62)63)65-27-26-64-25-24-51-16-18-52(31-43(56)57)20-22-54(33-45(60)61)23-21-53(19-17-51)32-44(58)59/h2-4,7-11,13-14,28-29,41H,5-6,12,15-27,30-33H2,1H3,(H,56,57)(H,58,59)(H,60,61)(H,62,63)/b14-13+/t41-/m0/s1. The first-order valence-electron chi connectivity index (χ1n) is 21.9. The van der Waals surface area contributed by atoms with Crippen LogP contribution >= 0.6 is 0 Å². The van der Waals surface area contributed by atoms with Gasteiger partial charge in [0.05, 0.1) is 38.4 Å². The zero-order chi connectivity index (χ0) is 46.9. The van der Waals surface area contributed by atoms with Crippen molar-refractivity contribution in [2.24, 2.45) is 0 Å². The van der Waals surface area contributed by atoms with Crippen molar-refractivity contribution in [3.05, 3.63) is 88.5 Å². The van der Waals surface area contributed by atoms with Crippen LogP contribution in [0.5, 0.6) is 5.75 Å². The number of carbonyl (C=O) groups is 4. The molecular formula is C47H60F3N5O10. The molecule has 2 aliphatic heterocycles. The van der Waals surface area contributed by atoms with Gasteiger partial charge in [-0.25, -0.2) is 0 Å². The van der Waals surface area contributed by atoms with Gasteiger partial charge in [-0.15, -0.1) is 0 Å². The average molecular weight is 912 g/mol. The lowest BCUT2D eigenvalue weighted by Gasteiger charge is -2.33. The quantitative estimate of drug-likeness (QED) is 0.0914. The number of halogens is 3. The number of carboxylic acid groups (broad SMARTS) is 4. The molecule has 3 aromatic rings. The summed E-state index contributed by atoms with van der Waals surface area (Å²) >= 11 is 0. The Hall–Kier alpha value is -5.37. The third-order valence-electron chi connectivity index (χ3n) is 11.8. The molecule has 354 valence electrons. The number of benzene rings is 3. The highest BCUT2D eigenvalue weighted by atomic mass is 19.4. The highest BCUT2D eigenvalue weighted by Crippen LogP contribution is 2.38. The molecule has 4 N–H and O–H groups in total. The maximum absolute atomic E-state index is 14.8. The topological polar surface area (TPSA) is 184 Å². The number of hydrogen-bond acceptors (Lipinski definition) is 11. The van der Waals surface area contributed by atoms with Crippen LogP contribution in [-0.2, 0) is 36.6 Å². The largest absolute Gasteiger partial charge is 0.491 e. The summed E-state index contributed by atoms with van der Waals surface area (Å²) in [5, 5.41) is 38.5. The number of piperidine rings is 1. The van der Waals surface area contributed by atoms with Gasteiger partial charge in [-0.1, -0.05) is 67.1 Å². The van der Waals surface area contributed by atoms with E-state index >= 15 is 0 Å².